The summed E-state index contributed by atoms with van der Waals surface area (Å²) < 4.78 is 0. The molecule has 0 radical (unpaired) electrons. The average Bonchev–Trinajstić information content (AvgIpc) is 2.47. The highest BCUT2D eigenvalue weighted by molar-refractivity contribution is 6.06. The van der Waals surface area contributed by atoms with Crippen molar-refractivity contribution in [3.63, 3.8) is 0 Å². The van der Waals surface area contributed by atoms with E-state index in [0.717, 1.165) is 11.1 Å². The standard InChI is InChI=1S/C18H16O/c1-2-8-15-9-6-7-10-16(15)13-14-18(19)17-11-4-3-5-12-17/h2-14H,1H3/b8-2?,14-13-. The highest BCUT2D eigenvalue weighted by atomic mass is 16.1. The SMILES string of the molecule is CC=Cc1ccccc1/C=C\C(=O)c1ccccc1. The summed E-state index contributed by atoms with van der Waals surface area (Å²) in [5.74, 6) is 0.0240. The van der Waals surface area contributed by atoms with Crippen LogP contribution in [-0.2, 0) is 0 Å². The molecule has 1 heteroatoms. The van der Waals surface area contributed by atoms with E-state index >= 15 is 0 Å². The first-order valence-electron chi connectivity index (χ1n) is 6.30. The van der Waals surface area contributed by atoms with Gasteiger partial charge < -0.3 is 0 Å². The van der Waals surface area contributed by atoms with Crippen LogP contribution in [0.5, 0.6) is 0 Å². The third-order valence-corrected chi connectivity index (χ3v) is 2.81. The van der Waals surface area contributed by atoms with Crippen molar-refractivity contribution in [1.82, 2.24) is 0 Å². The number of benzene rings is 2. The van der Waals surface area contributed by atoms with Gasteiger partial charge in [-0.15, -0.1) is 0 Å². The molecular formula is C18H16O. The molecule has 0 spiro atoms. The molecule has 1 nitrogen and oxygen atoms in total. The molecule has 0 aromatic heterocycles. The van der Waals surface area contributed by atoms with E-state index in [1.54, 1.807) is 6.08 Å². The van der Waals surface area contributed by atoms with Gasteiger partial charge in [0.25, 0.3) is 0 Å². The van der Waals surface area contributed by atoms with E-state index in [1.165, 1.54) is 0 Å². The predicted octanol–water partition coefficient (Wildman–Crippen LogP) is 4.62. The van der Waals surface area contributed by atoms with Crippen LogP contribution in [0.4, 0.5) is 0 Å². The molecule has 0 aliphatic carbocycles. The molecule has 0 heterocycles. The Bertz CT molecular complexity index is 607. The van der Waals surface area contributed by atoms with Crippen LogP contribution in [0.15, 0.2) is 66.7 Å². The summed E-state index contributed by atoms with van der Waals surface area (Å²) in [7, 11) is 0. The third kappa shape index (κ3) is 3.52. The highest BCUT2D eigenvalue weighted by Crippen LogP contribution is 2.13. The highest BCUT2D eigenvalue weighted by Gasteiger charge is 2.00. The Labute approximate surface area is 113 Å². The van der Waals surface area contributed by atoms with Crippen LogP contribution in [0, 0.1) is 0 Å². The van der Waals surface area contributed by atoms with Gasteiger partial charge in [0.15, 0.2) is 5.78 Å². The maximum absolute atomic E-state index is 12.0. The van der Waals surface area contributed by atoms with E-state index in [9.17, 15) is 4.79 Å². The Morgan fingerprint density at radius 3 is 2.05 bits per heavy atom. The molecule has 2 aromatic carbocycles. The summed E-state index contributed by atoms with van der Waals surface area (Å²) in [4.78, 5) is 12.0. The van der Waals surface area contributed by atoms with Crippen molar-refractivity contribution < 1.29 is 4.79 Å². The van der Waals surface area contributed by atoms with Crippen molar-refractivity contribution >= 4 is 17.9 Å². The van der Waals surface area contributed by atoms with Crippen LogP contribution in [0.1, 0.15) is 28.4 Å². The molecule has 0 unspecified atom stereocenters. The molecule has 0 N–H and O–H groups in total. The molecule has 0 saturated carbocycles. The van der Waals surface area contributed by atoms with Gasteiger partial charge in [0.2, 0.25) is 0 Å². The number of hydrogen-bond acceptors (Lipinski definition) is 1. The zero-order valence-electron chi connectivity index (χ0n) is 10.9. The number of hydrogen-bond donors (Lipinski definition) is 0. The van der Waals surface area contributed by atoms with Gasteiger partial charge in [-0.1, -0.05) is 72.8 Å². The van der Waals surface area contributed by atoms with Crippen LogP contribution >= 0.6 is 0 Å². The van der Waals surface area contributed by atoms with Crippen molar-refractivity contribution in [2.24, 2.45) is 0 Å². The smallest absolute Gasteiger partial charge is 0.185 e. The average molecular weight is 248 g/mol. The number of carbonyl (C=O) groups excluding carboxylic acids is 1. The summed E-state index contributed by atoms with van der Waals surface area (Å²) >= 11 is 0. The van der Waals surface area contributed by atoms with E-state index in [2.05, 4.69) is 0 Å². The van der Waals surface area contributed by atoms with E-state index < -0.39 is 0 Å². The van der Waals surface area contributed by atoms with Gasteiger partial charge in [0.1, 0.15) is 0 Å². The lowest BCUT2D eigenvalue weighted by atomic mass is 10.0. The van der Waals surface area contributed by atoms with Gasteiger partial charge in [-0.05, 0) is 24.1 Å². The van der Waals surface area contributed by atoms with E-state index in [0.29, 0.717) is 5.56 Å². The molecule has 0 fully saturated rings. The van der Waals surface area contributed by atoms with Crippen molar-refractivity contribution in [3.05, 3.63) is 83.4 Å². The van der Waals surface area contributed by atoms with Gasteiger partial charge in [0, 0.05) is 5.56 Å². The summed E-state index contributed by atoms with van der Waals surface area (Å²) in [5, 5.41) is 0. The zero-order valence-corrected chi connectivity index (χ0v) is 10.9. The molecular weight excluding hydrogens is 232 g/mol. The van der Waals surface area contributed by atoms with Crippen LogP contribution in [-0.4, -0.2) is 5.78 Å². The lowest BCUT2D eigenvalue weighted by Gasteiger charge is -2.00. The second-order valence-electron chi connectivity index (χ2n) is 4.19. The fraction of sp³-hybridized carbons (Fsp3) is 0.0556. The number of ketones is 1. The molecule has 0 saturated heterocycles. The lowest BCUT2D eigenvalue weighted by molar-refractivity contribution is 0.104. The van der Waals surface area contributed by atoms with Gasteiger partial charge >= 0.3 is 0 Å². The Morgan fingerprint density at radius 2 is 1.42 bits per heavy atom. The Balaban J connectivity index is 2.22. The Morgan fingerprint density at radius 1 is 0.842 bits per heavy atom. The Kier molecular flexibility index (Phi) is 4.46. The lowest BCUT2D eigenvalue weighted by Crippen LogP contribution is -1.93. The van der Waals surface area contributed by atoms with Crippen molar-refractivity contribution in [3.8, 4) is 0 Å². The molecule has 0 atom stereocenters. The second kappa shape index (κ2) is 6.50. The third-order valence-electron chi connectivity index (χ3n) is 2.81. The van der Waals surface area contributed by atoms with Gasteiger partial charge in [-0.2, -0.15) is 0 Å². The second-order valence-corrected chi connectivity index (χ2v) is 4.19. The van der Waals surface area contributed by atoms with E-state index in [-0.39, 0.29) is 5.78 Å². The molecule has 0 bridgehead atoms. The fourth-order valence-corrected chi connectivity index (χ4v) is 1.86. The fourth-order valence-electron chi connectivity index (χ4n) is 1.86. The van der Waals surface area contributed by atoms with Gasteiger partial charge in [-0.25, -0.2) is 0 Å². The van der Waals surface area contributed by atoms with Gasteiger partial charge in [-0.3, -0.25) is 4.79 Å². The summed E-state index contributed by atoms with van der Waals surface area (Å²) in [5.41, 5.74) is 2.87. The molecule has 19 heavy (non-hydrogen) atoms. The zero-order chi connectivity index (χ0) is 13.5. The molecule has 0 amide bonds. The summed E-state index contributed by atoms with van der Waals surface area (Å²) in [6, 6.07) is 17.3. The molecule has 2 aromatic rings. The maximum atomic E-state index is 12.0. The van der Waals surface area contributed by atoms with Crippen LogP contribution in [0.2, 0.25) is 0 Å². The number of allylic oxidation sites excluding steroid dienone is 2. The first-order valence-corrected chi connectivity index (χ1v) is 6.30. The van der Waals surface area contributed by atoms with Crippen molar-refractivity contribution in [2.75, 3.05) is 0 Å². The van der Waals surface area contributed by atoms with Crippen LogP contribution in [0.25, 0.3) is 12.2 Å². The summed E-state index contributed by atoms with van der Waals surface area (Å²) in [6.07, 6.45) is 7.51. The predicted molar refractivity (Wildman–Crippen MR) is 81.0 cm³/mol. The van der Waals surface area contributed by atoms with E-state index in [1.807, 2.05) is 79.7 Å². The van der Waals surface area contributed by atoms with Crippen LogP contribution in [0.3, 0.4) is 0 Å². The quantitative estimate of drug-likeness (QED) is 0.570. The van der Waals surface area contributed by atoms with Crippen LogP contribution < -0.4 is 0 Å². The number of rotatable bonds is 4. The van der Waals surface area contributed by atoms with E-state index in [4.69, 9.17) is 0 Å². The minimum atomic E-state index is 0.0240. The molecule has 0 aliphatic heterocycles. The largest absolute Gasteiger partial charge is 0.289 e. The molecule has 0 aliphatic rings. The van der Waals surface area contributed by atoms with Crippen molar-refractivity contribution in [1.29, 1.82) is 0 Å². The summed E-state index contributed by atoms with van der Waals surface area (Å²) in [6.45, 7) is 1.98. The minimum absolute atomic E-state index is 0.0240. The maximum Gasteiger partial charge on any atom is 0.185 e. The monoisotopic (exact) mass is 248 g/mol. The first-order chi connectivity index (χ1) is 9.31. The topological polar surface area (TPSA) is 17.1 Å². The first kappa shape index (κ1) is 13.0. The van der Waals surface area contributed by atoms with Crippen molar-refractivity contribution in [2.45, 2.75) is 6.92 Å². The van der Waals surface area contributed by atoms with Gasteiger partial charge in [0.05, 0.1) is 0 Å². The molecule has 94 valence electrons. The minimum Gasteiger partial charge on any atom is -0.289 e. The normalized spacial score (nSPS) is 11.2. The number of carbonyl (C=O) groups is 1. The molecule has 2 rings (SSSR count). The Hall–Kier alpha value is -2.41.